The number of urea groups is 1. The Bertz CT molecular complexity index is 267. The second-order valence-corrected chi connectivity index (χ2v) is 4.10. The smallest absolute Gasteiger partial charge is 0.317 e. The molecule has 0 spiro atoms. The lowest BCUT2D eigenvalue weighted by Gasteiger charge is -2.30. The van der Waals surface area contributed by atoms with E-state index in [0.29, 0.717) is 24.9 Å². The maximum atomic E-state index is 11.4. The Morgan fingerprint density at radius 3 is 2.93 bits per heavy atom. The van der Waals surface area contributed by atoms with Crippen molar-refractivity contribution in [1.29, 1.82) is 5.26 Å². The third kappa shape index (κ3) is 1.67. The van der Waals surface area contributed by atoms with E-state index in [4.69, 9.17) is 5.26 Å². The predicted molar refractivity (Wildman–Crippen MR) is 51.5 cm³/mol. The van der Waals surface area contributed by atoms with Crippen LogP contribution in [0.2, 0.25) is 0 Å². The van der Waals surface area contributed by atoms with Crippen molar-refractivity contribution in [2.75, 3.05) is 13.1 Å². The fourth-order valence-corrected chi connectivity index (χ4v) is 2.10. The SMILES string of the molecule is N#CCCN1CC(C2CCC2)NC1=O. The van der Waals surface area contributed by atoms with Gasteiger partial charge >= 0.3 is 6.03 Å². The van der Waals surface area contributed by atoms with Gasteiger partial charge in [-0.15, -0.1) is 0 Å². The molecule has 2 fully saturated rings. The van der Waals surface area contributed by atoms with Gasteiger partial charge in [0.05, 0.1) is 18.5 Å². The Kier molecular flexibility index (Phi) is 2.58. The summed E-state index contributed by atoms with van der Waals surface area (Å²) < 4.78 is 0. The summed E-state index contributed by atoms with van der Waals surface area (Å²) >= 11 is 0. The Morgan fingerprint density at radius 2 is 2.36 bits per heavy atom. The minimum absolute atomic E-state index is 0.0113. The molecule has 1 atom stereocenters. The van der Waals surface area contributed by atoms with Crippen molar-refractivity contribution < 1.29 is 4.79 Å². The van der Waals surface area contributed by atoms with Gasteiger partial charge in [-0.3, -0.25) is 0 Å². The molecule has 2 aliphatic rings. The first-order chi connectivity index (χ1) is 6.81. The van der Waals surface area contributed by atoms with E-state index in [1.165, 1.54) is 19.3 Å². The summed E-state index contributed by atoms with van der Waals surface area (Å²) in [6.07, 6.45) is 4.23. The van der Waals surface area contributed by atoms with E-state index >= 15 is 0 Å². The van der Waals surface area contributed by atoms with Crippen LogP contribution in [0.3, 0.4) is 0 Å². The number of carbonyl (C=O) groups is 1. The zero-order chi connectivity index (χ0) is 9.97. The van der Waals surface area contributed by atoms with Gasteiger partial charge in [0, 0.05) is 13.1 Å². The van der Waals surface area contributed by atoms with Gasteiger partial charge < -0.3 is 10.2 Å². The summed E-state index contributed by atoms with van der Waals surface area (Å²) in [5.74, 6) is 0.686. The van der Waals surface area contributed by atoms with Crippen molar-refractivity contribution in [2.45, 2.75) is 31.7 Å². The first kappa shape index (κ1) is 9.32. The standard InChI is InChI=1S/C10H15N3O/c11-5-2-6-13-7-9(12-10(13)14)8-3-1-4-8/h8-9H,1-4,6-7H2,(H,12,14). The molecule has 76 valence electrons. The first-order valence-corrected chi connectivity index (χ1v) is 5.23. The van der Waals surface area contributed by atoms with Crippen molar-refractivity contribution in [3.8, 4) is 6.07 Å². The van der Waals surface area contributed by atoms with Crippen LogP contribution in [0.4, 0.5) is 4.79 Å². The van der Waals surface area contributed by atoms with Crippen LogP contribution >= 0.6 is 0 Å². The van der Waals surface area contributed by atoms with Gasteiger partial charge in [-0.05, 0) is 18.8 Å². The van der Waals surface area contributed by atoms with E-state index in [2.05, 4.69) is 11.4 Å². The Morgan fingerprint density at radius 1 is 1.57 bits per heavy atom. The number of nitrogens with one attached hydrogen (secondary N) is 1. The van der Waals surface area contributed by atoms with Crippen molar-refractivity contribution in [3.63, 3.8) is 0 Å². The molecule has 1 heterocycles. The Labute approximate surface area is 83.9 Å². The molecule has 14 heavy (non-hydrogen) atoms. The fraction of sp³-hybridized carbons (Fsp3) is 0.800. The van der Waals surface area contributed by atoms with Gasteiger partial charge in [-0.2, -0.15) is 5.26 Å². The van der Waals surface area contributed by atoms with Crippen molar-refractivity contribution in [3.05, 3.63) is 0 Å². The highest BCUT2D eigenvalue weighted by Gasteiger charge is 2.36. The van der Waals surface area contributed by atoms with E-state index in [1.807, 2.05) is 0 Å². The summed E-state index contributed by atoms with van der Waals surface area (Å²) in [6.45, 7) is 1.37. The lowest BCUT2D eigenvalue weighted by molar-refractivity contribution is 0.218. The molecule has 4 nitrogen and oxygen atoms in total. The fourth-order valence-electron chi connectivity index (χ4n) is 2.10. The summed E-state index contributed by atoms with van der Waals surface area (Å²) in [7, 11) is 0. The van der Waals surface area contributed by atoms with Crippen LogP contribution in [0.25, 0.3) is 0 Å². The number of nitriles is 1. The summed E-state index contributed by atoms with van der Waals surface area (Å²) in [6, 6.07) is 2.42. The maximum Gasteiger partial charge on any atom is 0.317 e. The van der Waals surface area contributed by atoms with Crippen molar-refractivity contribution in [2.24, 2.45) is 5.92 Å². The zero-order valence-corrected chi connectivity index (χ0v) is 8.20. The Balaban J connectivity index is 1.83. The molecule has 1 saturated heterocycles. The average molecular weight is 193 g/mol. The van der Waals surface area contributed by atoms with Crippen LogP contribution < -0.4 is 5.32 Å². The number of carbonyl (C=O) groups excluding carboxylic acids is 1. The summed E-state index contributed by atoms with van der Waals surface area (Å²) in [5, 5.41) is 11.4. The Hall–Kier alpha value is -1.24. The van der Waals surface area contributed by atoms with E-state index < -0.39 is 0 Å². The second kappa shape index (κ2) is 3.87. The van der Waals surface area contributed by atoms with Gasteiger partial charge in [0.25, 0.3) is 0 Å². The number of nitrogens with zero attached hydrogens (tertiary/aromatic N) is 2. The minimum Gasteiger partial charge on any atom is -0.333 e. The van der Waals surface area contributed by atoms with Crippen LogP contribution in [0, 0.1) is 17.2 Å². The van der Waals surface area contributed by atoms with Crippen molar-refractivity contribution >= 4 is 6.03 Å². The molecule has 0 aromatic rings. The number of amides is 2. The first-order valence-electron chi connectivity index (χ1n) is 5.23. The van der Waals surface area contributed by atoms with Gasteiger partial charge in [-0.25, -0.2) is 4.79 Å². The van der Waals surface area contributed by atoms with E-state index in [9.17, 15) is 4.79 Å². The molecule has 1 saturated carbocycles. The normalized spacial score (nSPS) is 26.9. The molecule has 2 amide bonds. The lowest BCUT2D eigenvalue weighted by atomic mass is 9.80. The number of hydrogen-bond donors (Lipinski definition) is 1. The summed E-state index contributed by atoms with van der Waals surface area (Å²) in [4.78, 5) is 13.2. The molecule has 0 radical (unpaired) electrons. The van der Waals surface area contributed by atoms with E-state index in [0.717, 1.165) is 6.54 Å². The number of hydrogen-bond acceptors (Lipinski definition) is 2. The molecule has 0 bridgehead atoms. The van der Waals surface area contributed by atoms with Gasteiger partial charge in [0.15, 0.2) is 0 Å². The monoisotopic (exact) mass is 193 g/mol. The maximum absolute atomic E-state index is 11.4. The molecule has 1 aliphatic heterocycles. The third-order valence-corrected chi connectivity index (χ3v) is 3.23. The second-order valence-electron chi connectivity index (χ2n) is 4.10. The molecule has 0 aromatic carbocycles. The highest BCUT2D eigenvalue weighted by Crippen LogP contribution is 2.31. The summed E-state index contributed by atoms with van der Waals surface area (Å²) in [5.41, 5.74) is 0. The van der Waals surface area contributed by atoms with E-state index in [-0.39, 0.29) is 6.03 Å². The van der Waals surface area contributed by atoms with Crippen molar-refractivity contribution in [1.82, 2.24) is 10.2 Å². The highest BCUT2D eigenvalue weighted by molar-refractivity contribution is 5.77. The largest absolute Gasteiger partial charge is 0.333 e. The minimum atomic E-state index is 0.0113. The lowest BCUT2D eigenvalue weighted by Crippen LogP contribution is -2.37. The highest BCUT2D eigenvalue weighted by atomic mass is 16.2. The van der Waals surface area contributed by atoms with Crippen LogP contribution in [0.1, 0.15) is 25.7 Å². The van der Waals surface area contributed by atoms with Crippen LogP contribution in [-0.4, -0.2) is 30.1 Å². The quantitative estimate of drug-likeness (QED) is 0.729. The number of rotatable bonds is 3. The molecular weight excluding hydrogens is 178 g/mol. The molecule has 0 aromatic heterocycles. The van der Waals surface area contributed by atoms with E-state index in [1.54, 1.807) is 4.90 Å². The molecule has 1 aliphatic carbocycles. The van der Waals surface area contributed by atoms with Gasteiger partial charge in [0.2, 0.25) is 0 Å². The topological polar surface area (TPSA) is 56.1 Å². The molecule has 2 rings (SSSR count). The molecule has 1 unspecified atom stereocenters. The van der Waals surface area contributed by atoms with Crippen LogP contribution in [0.5, 0.6) is 0 Å². The predicted octanol–water partition coefficient (Wildman–Crippen LogP) is 1.09. The third-order valence-electron chi connectivity index (χ3n) is 3.23. The van der Waals surface area contributed by atoms with Gasteiger partial charge in [-0.1, -0.05) is 6.42 Å². The average Bonchev–Trinajstić information content (AvgIpc) is 2.40. The van der Waals surface area contributed by atoms with Crippen LogP contribution in [0.15, 0.2) is 0 Å². The van der Waals surface area contributed by atoms with Gasteiger partial charge in [0.1, 0.15) is 0 Å². The van der Waals surface area contributed by atoms with Crippen LogP contribution in [-0.2, 0) is 0 Å². The molecule has 1 N–H and O–H groups in total. The molecule has 4 heteroatoms. The molecular formula is C10H15N3O. The zero-order valence-electron chi connectivity index (χ0n) is 8.20.